The third-order valence-electron chi connectivity index (χ3n) is 1.14. The summed E-state index contributed by atoms with van der Waals surface area (Å²) in [6, 6.07) is 2.62. The molecule has 4 heteroatoms. The van der Waals surface area contributed by atoms with E-state index < -0.39 is 5.97 Å². The van der Waals surface area contributed by atoms with Crippen molar-refractivity contribution in [2.45, 2.75) is 6.92 Å². The second-order valence-electron chi connectivity index (χ2n) is 2.01. The summed E-state index contributed by atoms with van der Waals surface area (Å²) in [5.74, 6) is -0.451. The Morgan fingerprint density at radius 3 is 3.08 bits per heavy atom. The van der Waals surface area contributed by atoms with Crippen LogP contribution in [-0.2, 0) is 4.74 Å². The van der Waals surface area contributed by atoms with Crippen molar-refractivity contribution in [2.75, 3.05) is 6.61 Å². The van der Waals surface area contributed by atoms with Gasteiger partial charge in [-0.3, -0.25) is 4.98 Å². The van der Waals surface area contributed by atoms with Crippen molar-refractivity contribution in [3.05, 3.63) is 29.0 Å². The molecule has 0 unspecified atom stereocenters. The van der Waals surface area contributed by atoms with Crippen molar-refractivity contribution in [1.29, 1.82) is 0 Å². The van der Waals surface area contributed by atoms with Crippen LogP contribution in [0.2, 0.25) is 5.02 Å². The largest absolute Gasteiger partial charge is 0.462 e. The average molecular weight is 185 g/mol. The standard InChI is InChI=1S/C8H7ClNO2/c1-2-12-8(11)6-3-7(9)5-10-4-6/h4-5H,2H2,1H3. The van der Waals surface area contributed by atoms with Crippen LogP contribution < -0.4 is 0 Å². The van der Waals surface area contributed by atoms with Gasteiger partial charge in [0.25, 0.3) is 0 Å². The van der Waals surface area contributed by atoms with Gasteiger partial charge in [-0.25, -0.2) is 4.79 Å². The Bertz CT molecular complexity index is 288. The lowest BCUT2D eigenvalue weighted by Crippen LogP contribution is -2.04. The van der Waals surface area contributed by atoms with E-state index >= 15 is 0 Å². The molecule has 0 amide bonds. The molecule has 0 aliphatic rings. The van der Waals surface area contributed by atoms with Gasteiger partial charge in [0.2, 0.25) is 0 Å². The van der Waals surface area contributed by atoms with E-state index in [0.717, 1.165) is 0 Å². The zero-order chi connectivity index (χ0) is 8.97. The molecule has 1 rings (SSSR count). The summed E-state index contributed by atoms with van der Waals surface area (Å²) in [6.45, 7) is 2.06. The van der Waals surface area contributed by atoms with Crippen LogP contribution >= 0.6 is 11.6 Å². The van der Waals surface area contributed by atoms with Gasteiger partial charge in [0.1, 0.15) is 0 Å². The summed E-state index contributed by atoms with van der Waals surface area (Å²) < 4.78 is 4.71. The highest BCUT2D eigenvalue weighted by atomic mass is 35.5. The lowest BCUT2D eigenvalue weighted by atomic mass is 10.3. The van der Waals surface area contributed by atoms with Crippen LogP contribution in [-0.4, -0.2) is 17.6 Å². The molecule has 0 bridgehead atoms. The molecule has 1 radical (unpaired) electrons. The zero-order valence-electron chi connectivity index (χ0n) is 6.50. The first kappa shape index (κ1) is 9.00. The number of nitrogens with zero attached hydrogens (tertiary/aromatic N) is 1. The Labute approximate surface area is 75.3 Å². The first-order valence-corrected chi connectivity index (χ1v) is 3.81. The number of halogens is 1. The third-order valence-corrected chi connectivity index (χ3v) is 1.33. The summed E-state index contributed by atoms with van der Waals surface area (Å²) in [4.78, 5) is 14.8. The summed E-state index contributed by atoms with van der Waals surface area (Å²) in [5, 5.41) is 0.306. The molecule has 0 atom stereocenters. The first-order chi connectivity index (χ1) is 5.74. The molecule has 1 heterocycles. The van der Waals surface area contributed by atoms with Crippen LogP contribution in [0.15, 0.2) is 12.4 Å². The van der Waals surface area contributed by atoms with Crippen LogP contribution in [0.3, 0.4) is 0 Å². The van der Waals surface area contributed by atoms with Crippen molar-refractivity contribution in [2.24, 2.45) is 0 Å². The average Bonchev–Trinajstić information content (AvgIpc) is 2.05. The van der Waals surface area contributed by atoms with Crippen molar-refractivity contribution >= 4 is 17.6 Å². The smallest absolute Gasteiger partial charge is 0.340 e. The molecule has 1 aromatic heterocycles. The van der Waals surface area contributed by atoms with Gasteiger partial charge in [-0.05, 0) is 6.92 Å². The van der Waals surface area contributed by atoms with E-state index in [1.54, 1.807) is 6.92 Å². The number of carbonyl (C=O) groups is 1. The van der Waals surface area contributed by atoms with Gasteiger partial charge >= 0.3 is 5.97 Å². The van der Waals surface area contributed by atoms with Gasteiger partial charge in [-0.2, -0.15) is 0 Å². The van der Waals surface area contributed by atoms with E-state index in [1.807, 2.05) is 0 Å². The Balaban J connectivity index is 2.81. The van der Waals surface area contributed by atoms with E-state index in [1.165, 1.54) is 12.4 Å². The molecule has 0 saturated heterocycles. The third kappa shape index (κ3) is 2.20. The monoisotopic (exact) mass is 184 g/mol. The number of esters is 1. The van der Waals surface area contributed by atoms with Crippen LogP contribution in [0.4, 0.5) is 0 Å². The number of hydrogen-bond donors (Lipinski definition) is 0. The van der Waals surface area contributed by atoms with E-state index in [2.05, 4.69) is 11.1 Å². The van der Waals surface area contributed by atoms with Crippen LogP contribution in [0.5, 0.6) is 0 Å². The normalized spacial score (nSPS) is 9.50. The van der Waals surface area contributed by atoms with Crippen molar-refractivity contribution in [3.63, 3.8) is 0 Å². The van der Waals surface area contributed by atoms with E-state index in [-0.39, 0.29) is 5.56 Å². The highest BCUT2D eigenvalue weighted by molar-refractivity contribution is 6.30. The van der Waals surface area contributed by atoms with Gasteiger partial charge < -0.3 is 4.74 Å². The molecule has 0 N–H and O–H groups in total. The van der Waals surface area contributed by atoms with Crippen molar-refractivity contribution < 1.29 is 9.53 Å². The lowest BCUT2D eigenvalue weighted by molar-refractivity contribution is 0.0525. The minimum atomic E-state index is -0.451. The summed E-state index contributed by atoms with van der Waals surface area (Å²) in [6.07, 6.45) is 2.77. The quantitative estimate of drug-likeness (QED) is 0.657. The molecule has 3 nitrogen and oxygen atoms in total. The van der Waals surface area contributed by atoms with Crippen molar-refractivity contribution in [1.82, 2.24) is 4.98 Å². The van der Waals surface area contributed by atoms with Gasteiger partial charge in [-0.15, -0.1) is 0 Å². The fraction of sp³-hybridized carbons (Fsp3) is 0.250. The molecule has 0 aliphatic carbocycles. The van der Waals surface area contributed by atoms with E-state index in [4.69, 9.17) is 16.3 Å². The maximum atomic E-state index is 11.0. The van der Waals surface area contributed by atoms with Crippen LogP contribution in [0, 0.1) is 6.07 Å². The summed E-state index contributed by atoms with van der Waals surface area (Å²) in [7, 11) is 0. The minimum Gasteiger partial charge on any atom is -0.462 e. The predicted molar refractivity (Wildman–Crippen MR) is 44.0 cm³/mol. The molecule has 0 aliphatic heterocycles. The molecule has 0 aromatic carbocycles. The molecular formula is C8H7ClNO2. The lowest BCUT2D eigenvalue weighted by Gasteiger charge is -1.99. The number of carbonyl (C=O) groups excluding carboxylic acids is 1. The highest BCUT2D eigenvalue weighted by Gasteiger charge is 2.06. The fourth-order valence-electron chi connectivity index (χ4n) is 0.683. The van der Waals surface area contributed by atoms with E-state index in [9.17, 15) is 4.79 Å². The van der Waals surface area contributed by atoms with Crippen LogP contribution in [0.25, 0.3) is 0 Å². The van der Waals surface area contributed by atoms with E-state index in [0.29, 0.717) is 11.6 Å². The fourth-order valence-corrected chi connectivity index (χ4v) is 0.841. The Hall–Kier alpha value is -1.09. The molecular weight excluding hydrogens is 178 g/mol. The maximum Gasteiger partial charge on any atom is 0.340 e. The number of pyridine rings is 1. The Morgan fingerprint density at radius 2 is 2.50 bits per heavy atom. The van der Waals surface area contributed by atoms with Gasteiger partial charge in [0.15, 0.2) is 0 Å². The Kier molecular flexibility index (Phi) is 3.05. The van der Waals surface area contributed by atoms with Gasteiger partial charge in [0.05, 0.1) is 17.2 Å². The van der Waals surface area contributed by atoms with Crippen LogP contribution in [0.1, 0.15) is 17.3 Å². The number of rotatable bonds is 2. The molecule has 0 spiro atoms. The second kappa shape index (κ2) is 4.07. The maximum absolute atomic E-state index is 11.0. The predicted octanol–water partition coefficient (Wildman–Crippen LogP) is 1.71. The summed E-state index contributed by atoms with van der Waals surface area (Å²) >= 11 is 5.56. The highest BCUT2D eigenvalue weighted by Crippen LogP contribution is 2.07. The minimum absolute atomic E-state index is 0.254. The number of aromatic nitrogens is 1. The zero-order valence-corrected chi connectivity index (χ0v) is 7.26. The van der Waals surface area contributed by atoms with Gasteiger partial charge in [0, 0.05) is 18.5 Å². The van der Waals surface area contributed by atoms with Crippen molar-refractivity contribution in [3.8, 4) is 0 Å². The van der Waals surface area contributed by atoms with Gasteiger partial charge in [-0.1, -0.05) is 11.6 Å². The topological polar surface area (TPSA) is 39.2 Å². The Morgan fingerprint density at radius 1 is 1.75 bits per heavy atom. The number of ether oxygens (including phenoxy) is 1. The summed E-state index contributed by atoms with van der Waals surface area (Å²) in [5.41, 5.74) is 0.254. The first-order valence-electron chi connectivity index (χ1n) is 3.44. The SMILES string of the molecule is CCOC(=O)c1[c]c(Cl)cnc1. The molecule has 0 saturated carbocycles. The molecule has 1 aromatic rings. The molecule has 0 fully saturated rings. The second-order valence-corrected chi connectivity index (χ2v) is 2.42. The molecule has 63 valence electrons. The number of hydrogen-bond acceptors (Lipinski definition) is 3. The molecule has 12 heavy (non-hydrogen) atoms.